The Kier molecular flexibility index (Phi) is 6.76. The predicted molar refractivity (Wildman–Crippen MR) is 112 cm³/mol. The van der Waals surface area contributed by atoms with E-state index in [2.05, 4.69) is 26.1 Å². The second-order valence-electron chi connectivity index (χ2n) is 8.87. The third-order valence-corrected chi connectivity index (χ3v) is 6.23. The minimum absolute atomic E-state index is 0.0893. The third-order valence-electron chi connectivity index (χ3n) is 6.23. The molecule has 0 unspecified atom stereocenters. The molecule has 28 heavy (non-hydrogen) atoms. The molecule has 2 amide bonds. The van der Waals surface area contributed by atoms with Crippen molar-refractivity contribution in [3.8, 4) is 0 Å². The van der Waals surface area contributed by atoms with Gasteiger partial charge in [-0.3, -0.25) is 9.59 Å². The summed E-state index contributed by atoms with van der Waals surface area (Å²) in [6.07, 6.45) is 5.16. The summed E-state index contributed by atoms with van der Waals surface area (Å²) >= 11 is 0. The van der Waals surface area contributed by atoms with E-state index in [0.29, 0.717) is 24.2 Å². The van der Waals surface area contributed by atoms with E-state index < -0.39 is 0 Å². The van der Waals surface area contributed by atoms with Crippen molar-refractivity contribution in [1.29, 1.82) is 0 Å². The Hall–Kier alpha value is -1.88. The fourth-order valence-electron chi connectivity index (χ4n) is 4.63. The number of anilines is 2. The number of benzene rings is 1. The maximum Gasteiger partial charge on any atom is 0.250 e. The summed E-state index contributed by atoms with van der Waals surface area (Å²) in [5.41, 5.74) is 2.68. The Balaban J connectivity index is 1.56. The molecular formula is C23H34N2O3. The van der Waals surface area contributed by atoms with E-state index in [0.717, 1.165) is 36.3 Å². The highest BCUT2D eigenvalue weighted by molar-refractivity contribution is 5.97. The van der Waals surface area contributed by atoms with E-state index in [1.54, 1.807) is 0 Å². The molecule has 1 N–H and O–H groups in total. The molecule has 5 nitrogen and oxygen atoms in total. The van der Waals surface area contributed by atoms with Crippen molar-refractivity contribution in [3.63, 3.8) is 0 Å². The van der Waals surface area contributed by atoms with Gasteiger partial charge in [0.1, 0.15) is 6.61 Å². The molecule has 2 fully saturated rings. The van der Waals surface area contributed by atoms with Gasteiger partial charge in [0.2, 0.25) is 11.8 Å². The SMILES string of the molecule is Cc1cc(NC(=O)CO[C@@H]2C[C@@H](C)CC[C@@H]2C(C)C)ccc1N1CCCC1=O. The number of hydrogen-bond donors (Lipinski definition) is 1. The first-order chi connectivity index (χ1) is 13.3. The summed E-state index contributed by atoms with van der Waals surface area (Å²) in [6.45, 7) is 9.59. The zero-order valence-electron chi connectivity index (χ0n) is 17.7. The molecule has 0 spiro atoms. The highest BCUT2D eigenvalue weighted by Crippen LogP contribution is 2.35. The van der Waals surface area contributed by atoms with Crippen LogP contribution in [-0.4, -0.2) is 31.1 Å². The van der Waals surface area contributed by atoms with Crippen molar-refractivity contribution < 1.29 is 14.3 Å². The smallest absolute Gasteiger partial charge is 0.250 e. The average Bonchev–Trinajstić information content (AvgIpc) is 3.05. The Bertz CT molecular complexity index is 716. The van der Waals surface area contributed by atoms with Crippen molar-refractivity contribution in [3.05, 3.63) is 23.8 Å². The van der Waals surface area contributed by atoms with Crippen LogP contribution in [0, 0.1) is 24.7 Å². The van der Waals surface area contributed by atoms with Gasteiger partial charge in [-0.2, -0.15) is 0 Å². The number of ether oxygens (including phenoxy) is 1. The highest BCUT2D eigenvalue weighted by atomic mass is 16.5. The first-order valence-electron chi connectivity index (χ1n) is 10.7. The van der Waals surface area contributed by atoms with Gasteiger partial charge in [0.15, 0.2) is 0 Å². The lowest BCUT2D eigenvalue weighted by Crippen LogP contribution is -2.36. The van der Waals surface area contributed by atoms with Crippen LogP contribution in [0.3, 0.4) is 0 Å². The number of rotatable bonds is 6. The van der Waals surface area contributed by atoms with Gasteiger partial charge < -0.3 is 15.0 Å². The standard InChI is InChI=1S/C23H34N2O3/c1-15(2)19-9-7-16(3)12-21(19)28-14-22(26)24-18-8-10-20(17(4)13-18)25-11-5-6-23(25)27/h8,10,13,15-16,19,21H,5-7,9,11-12,14H2,1-4H3,(H,24,26)/t16-,19+,21+/m0/s1. The number of amides is 2. The van der Waals surface area contributed by atoms with Crippen LogP contribution in [0.5, 0.6) is 0 Å². The Morgan fingerprint density at radius 3 is 2.75 bits per heavy atom. The molecule has 5 heteroatoms. The first-order valence-corrected chi connectivity index (χ1v) is 10.7. The van der Waals surface area contributed by atoms with E-state index in [-0.39, 0.29) is 24.5 Å². The quantitative estimate of drug-likeness (QED) is 0.781. The minimum atomic E-state index is -0.120. The van der Waals surface area contributed by atoms with Crippen LogP contribution in [0.2, 0.25) is 0 Å². The van der Waals surface area contributed by atoms with E-state index in [1.165, 1.54) is 12.8 Å². The van der Waals surface area contributed by atoms with Gasteiger partial charge in [-0.25, -0.2) is 0 Å². The van der Waals surface area contributed by atoms with Crippen LogP contribution in [0.4, 0.5) is 11.4 Å². The molecule has 1 saturated carbocycles. The number of nitrogens with one attached hydrogen (secondary N) is 1. The summed E-state index contributed by atoms with van der Waals surface area (Å²) < 4.78 is 6.05. The molecule has 1 aliphatic carbocycles. The van der Waals surface area contributed by atoms with Crippen LogP contribution in [0.1, 0.15) is 58.4 Å². The molecule has 2 aliphatic rings. The van der Waals surface area contributed by atoms with Gasteiger partial charge in [-0.15, -0.1) is 0 Å². The van der Waals surface area contributed by atoms with Gasteiger partial charge >= 0.3 is 0 Å². The summed E-state index contributed by atoms with van der Waals surface area (Å²) in [5, 5.41) is 2.94. The zero-order valence-corrected chi connectivity index (χ0v) is 17.7. The van der Waals surface area contributed by atoms with E-state index >= 15 is 0 Å². The zero-order chi connectivity index (χ0) is 20.3. The van der Waals surface area contributed by atoms with Crippen molar-refractivity contribution in [1.82, 2.24) is 0 Å². The summed E-state index contributed by atoms with van der Waals surface area (Å²) in [5.74, 6) is 1.82. The predicted octanol–water partition coefficient (Wildman–Crippen LogP) is 4.54. The van der Waals surface area contributed by atoms with E-state index in [1.807, 2.05) is 30.0 Å². The van der Waals surface area contributed by atoms with Crippen LogP contribution in [-0.2, 0) is 14.3 Å². The molecule has 1 saturated heterocycles. The van der Waals surface area contributed by atoms with E-state index in [4.69, 9.17) is 4.74 Å². The van der Waals surface area contributed by atoms with Gasteiger partial charge in [-0.05, 0) is 67.7 Å². The molecule has 0 aromatic heterocycles. The number of carbonyl (C=O) groups is 2. The molecule has 0 bridgehead atoms. The number of hydrogen-bond acceptors (Lipinski definition) is 3. The van der Waals surface area contributed by atoms with Gasteiger partial charge in [0.05, 0.1) is 6.10 Å². The minimum Gasteiger partial charge on any atom is -0.368 e. The van der Waals surface area contributed by atoms with Crippen molar-refractivity contribution in [2.24, 2.45) is 17.8 Å². The van der Waals surface area contributed by atoms with Crippen molar-refractivity contribution in [2.75, 3.05) is 23.4 Å². The van der Waals surface area contributed by atoms with Crippen LogP contribution in [0.15, 0.2) is 18.2 Å². The highest BCUT2D eigenvalue weighted by Gasteiger charge is 2.31. The Morgan fingerprint density at radius 1 is 1.32 bits per heavy atom. The van der Waals surface area contributed by atoms with Crippen LogP contribution >= 0.6 is 0 Å². The lowest BCUT2D eigenvalue weighted by molar-refractivity contribution is -0.126. The van der Waals surface area contributed by atoms with Crippen molar-refractivity contribution >= 4 is 23.2 Å². The molecule has 3 atom stereocenters. The van der Waals surface area contributed by atoms with Gasteiger partial charge in [-0.1, -0.05) is 27.2 Å². The molecule has 1 aromatic rings. The van der Waals surface area contributed by atoms with Crippen molar-refractivity contribution in [2.45, 2.75) is 65.9 Å². The Morgan fingerprint density at radius 2 is 2.11 bits per heavy atom. The Labute approximate surface area is 168 Å². The average molecular weight is 387 g/mol. The number of aryl methyl sites for hydroxylation is 1. The number of nitrogens with zero attached hydrogens (tertiary/aromatic N) is 1. The maximum atomic E-state index is 12.4. The van der Waals surface area contributed by atoms with Gasteiger partial charge in [0.25, 0.3) is 0 Å². The molecule has 0 radical (unpaired) electrons. The summed E-state index contributed by atoms with van der Waals surface area (Å²) in [7, 11) is 0. The molecule has 1 aromatic carbocycles. The normalized spacial score (nSPS) is 25.4. The lowest BCUT2D eigenvalue weighted by Gasteiger charge is -2.37. The van der Waals surface area contributed by atoms with Crippen LogP contribution in [0.25, 0.3) is 0 Å². The fourth-order valence-corrected chi connectivity index (χ4v) is 4.63. The molecule has 3 rings (SSSR count). The third kappa shape index (κ3) is 4.93. The molecular weight excluding hydrogens is 352 g/mol. The second kappa shape index (κ2) is 9.08. The topological polar surface area (TPSA) is 58.6 Å². The second-order valence-corrected chi connectivity index (χ2v) is 8.87. The first kappa shape index (κ1) is 20.8. The van der Waals surface area contributed by atoms with E-state index in [9.17, 15) is 9.59 Å². The maximum absolute atomic E-state index is 12.4. The fraction of sp³-hybridized carbons (Fsp3) is 0.652. The molecule has 1 heterocycles. The molecule has 154 valence electrons. The monoisotopic (exact) mass is 386 g/mol. The van der Waals surface area contributed by atoms with Crippen LogP contribution < -0.4 is 10.2 Å². The summed E-state index contributed by atoms with van der Waals surface area (Å²) in [6, 6.07) is 5.72. The molecule has 1 aliphatic heterocycles. The summed E-state index contributed by atoms with van der Waals surface area (Å²) in [4.78, 5) is 26.2. The lowest BCUT2D eigenvalue weighted by atomic mass is 9.75. The van der Waals surface area contributed by atoms with Gasteiger partial charge in [0, 0.05) is 24.3 Å². The number of carbonyl (C=O) groups excluding carboxylic acids is 2. The largest absolute Gasteiger partial charge is 0.368 e.